The van der Waals surface area contributed by atoms with Crippen LogP contribution in [0, 0.1) is 0 Å². The van der Waals surface area contributed by atoms with Crippen molar-refractivity contribution in [1.29, 1.82) is 0 Å². The number of ether oxygens (including phenoxy) is 1. The third kappa shape index (κ3) is 3.37. The maximum atomic E-state index is 6.86. The normalized spacial score (nSPS) is 16.9. The van der Waals surface area contributed by atoms with Gasteiger partial charge in [-0.2, -0.15) is 0 Å². The second-order valence-electron chi connectivity index (χ2n) is 14.1. The minimum absolute atomic E-state index is 0.325. The van der Waals surface area contributed by atoms with E-state index in [1.165, 1.54) is 83.1 Å². The third-order valence-corrected chi connectivity index (χ3v) is 11.8. The summed E-state index contributed by atoms with van der Waals surface area (Å²) in [5.74, 6) is 1.82. The Morgan fingerprint density at radius 3 is 1.86 bits per heavy atom. The molecule has 1 heteroatoms. The fourth-order valence-corrected chi connectivity index (χ4v) is 9.71. The molecule has 1 unspecified atom stereocenters. The Morgan fingerprint density at radius 1 is 0.420 bits per heavy atom. The van der Waals surface area contributed by atoms with E-state index in [0.29, 0.717) is 0 Å². The van der Waals surface area contributed by atoms with Crippen LogP contribution in [0.2, 0.25) is 0 Å². The summed E-state index contributed by atoms with van der Waals surface area (Å²) in [5.41, 5.74) is 15.8. The lowest BCUT2D eigenvalue weighted by molar-refractivity contribution is 0.437. The first-order valence-corrected chi connectivity index (χ1v) is 17.5. The van der Waals surface area contributed by atoms with E-state index in [0.717, 1.165) is 11.5 Å². The molecule has 0 N–H and O–H groups in total. The third-order valence-electron chi connectivity index (χ3n) is 11.8. The fraction of sp³-hybridized carbons (Fsp3) is 0.0612. The molecule has 234 valence electrons. The average molecular weight is 637 g/mol. The van der Waals surface area contributed by atoms with Crippen molar-refractivity contribution in [2.75, 3.05) is 0 Å². The first kappa shape index (κ1) is 27.7. The van der Waals surface area contributed by atoms with E-state index in [1.54, 1.807) is 0 Å². The molecule has 1 atom stereocenters. The van der Waals surface area contributed by atoms with Gasteiger partial charge in [0.2, 0.25) is 0 Å². The Morgan fingerprint density at radius 2 is 1.06 bits per heavy atom. The van der Waals surface area contributed by atoms with Crippen LogP contribution in [0.15, 0.2) is 176 Å². The van der Waals surface area contributed by atoms with Crippen molar-refractivity contribution < 1.29 is 4.74 Å². The van der Waals surface area contributed by atoms with Crippen LogP contribution in [0.5, 0.6) is 11.5 Å². The molecule has 0 radical (unpaired) electrons. The molecule has 0 amide bonds. The molecule has 11 rings (SSSR count). The van der Waals surface area contributed by atoms with Crippen LogP contribution >= 0.6 is 0 Å². The minimum Gasteiger partial charge on any atom is -0.457 e. The van der Waals surface area contributed by atoms with E-state index in [9.17, 15) is 0 Å². The molecule has 1 nitrogen and oxygen atoms in total. The van der Waals surface area contributed by atoms with E-state index >= 15 is 0 Å². The van der Waals surface area contributed by atoms with Crippen molar-refractivity contribution in [3.05, 3.63) is 215 Å². The van der Waals surface area contributed by atoms with Crippen LogP contribution in [0.25, 0.3) is 44.2 Å². The lowest BCUT2D eigenvalue weighted by Crippen LogP contribution is -2.32. The van der Waals surface area contributed by atoms with Gasteiger partial charge in [-0.05, 0) is 97.1 Å². The van der Waals surface area contributed by atoms with Gasteiger partial charge in [-0.15, -0.1) is 0 Å². The Labute approximate surface area is 292 Å². The molecular formula is C49H32O. The summed E-state index contributed by atoms with van der Waals surface area (Å²) < 4.78 is 6.86. The summed E-state index contributed by atoms with van der Waals surface area (Å²) in [6.07, 6.45) is 0. The smallest absolute Gasteiger partial charge is 0.132 e. The number of hydrogen-bond donors (Lipinski definition) is 0. The fourth-order valence-electron chi connectivity index (χ4n) is 9.71. The van der Waals surface area contributed by atoms with Gasteiger partial charge in [-0.1, -0.05) is 158 Å². The molecule has 3 aliphatic rings. The van der Waals surface area contributed by atoms with E-state index in [1.807, 2.05) is 0 Å². The van der Waals surface area contributed by atoms with Gasteiger partial charge in [0.15, 0.2) is 0 Å². The first-order chi connectivity index (χ1) is 24.7. The Balaban J connectivity index is 1.23. The number of benzene rings is 8. The van der Waals surface area contributed by atoms with Crippen LogP contribution in [-0.4, -0.2) is 0 Å². The van der Waals surface area contributed by atoms with Gasteiger partial charge in [0.1, 0.15) is 11.5 Å². The Hall–Kier alpha value is -6.18. The monoisotopic (exact) mass is 636 g/mol. The van der Waals surface area contributed by atoms with Crippen molar-refractivity contribution >= 4 is 10.8 Å². The maximum Gasteiger partial charge on any atom is 0.132 e. The van der Waals surface area contributed by atoms with Crippen molar-refractivity contribution in [2.45, 2.75) is 17.8 Å². The van der Waals surface area contributed by atoms with Crippen LogP contribution in [0.1, 0.15) is 45.9 Å². The van der Waals surface area contributed by atoms with Gasteiger partial charge in [0, 0.05) is 16.5 Å². The highest BCUT2D eigenvalue weighted by molar-refractivity contribution is 6.04. The van der Waals surface area contributed by atoms with Crippen LogP contribution in [-0.2, 0) is 10.8 Å². The molecule has 0 bridgehead atoms. The summed E-state index contributed by atoms with van der Waals surface area (Å²) in [6.45, 7) is 2.41. The second kappa shape index (κ2) is 9.94. The number of hydrogen-bond acceptors (Lipinski definition) is 1. The Kier molecular flexibility index (Phi) is 5.51. The van der Waals surface area contributed by atoms with Gasteiger partial charge in [0.25, 0.3) is 0 Å². The largest absolute Gasteiger partial charge is 0.457 e. The van der Waals surface area contributed by atoms with E-state index < -0.39 is 5.41 Å². The van der Waals surface area contributed by atoms with E-state index in [-0.39, 0.29) is 5.41 Å². The van der Waals surface area contributed by atoms with Gasteiger partial charge in [0.05, 0.1) is 5.41 Å². The second-order valence-corrected chi connectivity index (χ2v) is 14.1. The van der Waals surface area contributed by atoms with E-state index in [2.05, 4.69) is 183 Å². The molecule has 0 saturated carbocycles. The molecule has 1 spiro atoms. The molecule has 2 aliphatic carbocycles. The van der Waals surface area contributed by atoms with Crippen molar-refractivity contribution in [2.24, 2.45) is 0 Å². The van der Waals surface area contributed by atoms with Gasteiger partial charge in [-0.3, -0.25) is 0 Å². The summed E-state index contributed by atoms with van der Waals surface area (Å²) in [6, 6.07) is 64.9. The van der Waals surface area contributed by atoms with E-state index in [4.69, 9.17) is 4.74 Å². The van der Waals surface area contributed by atoms with Gasteiger partial charge in [-0.25, -0.2) is 0 Å². The predicted molar refractivity (Wildman–Crippen MR) is 204 cm³/mol. The summed E-state index contributed by atoms with van der Waals surface area (Å²) in [4.78, 5) is 0. The first-order valence-electron chi connectivity index (χ1n) is 17.5. The van der Waals surface area contributed by atoms with Crippen LogP contribution in [0.3, 0.4) is 0 Å². The molecule has 8 aromatic carbocycles. The highest BCUT2D eigenvalue weighted by atomic mass is 16.5. The van der Waals surface area contributed by atoms with Crippen molar-refractivity contribution in [3.8, 4) is 44.9 Å². The number of rotatable bonds is 2. The molecule has 1 aliphatic heterocycles. The zero-order valence-electron chi connectivity index (χ0n) is 27.7. The standard InChI is InChI=1S/C49H32O/c1-48(33-15-3-2-4-16-33)42-29-27-31-14-5-6-17-34(31)46(42)38-28-26-32(30-43(38)48)35-20-13-25-45-47(35)49(41-23-11-12-24-44(41)50-45)39-21-9-7-18-36(39)37-19-8-10-22-40(37)49/h2-30H,1H3. The molecule has 0 saturated heterocycles. The zero-order chi connectivity index (χ0) is 33.0. The molecule has 1 heterocycles. The highest BCUT2D eigenvalue weighted by Gasteiger charge is 2.52. The SMILES string of the molecule is CC1(c2ccccc2)c2cc(-c3cccc4c3C3(c5ccccc5O4)c4ccccc4-c4ccccc43)ccc2-c2c1ccc1ccccc21. The van der Waals surface area contributed by atoms with Gasteiger partial charge >= 0.3 is 0 Å². The minimum atomic E-state index is -0.533. The number of fused-ring (bicyclic) bond motifs is 14. The van der Waals surface area contributed by atoms with Gasteiger partial charge < -0.3 is 4.74 Å². The molecular weight excluding hydrogens is 605 g/mol. The highest BCUT2D eigenvalue weighted by Crippen LogP contribution is 2.64. The Bertz CT molecular complexity index is 2660. The van der Waals surface area contributed by atoms with Crippen molar-refractivity contribution in [1.82, 2.24) is 0 Å². The lowest BCUT2D eigenvalue weighted by atomic mass is 9.64. The van der Waals surface area contributed by atoms with Crippen LogP contribution < -0.4 is 4.74 Å². The summed E-state index contributed by atoms with van der Waals surface area (Å²) in [7, 11) is 0. The molecule has 0 aromatic heterocycles. The topological polar surface area (TPSA) is 9.23 Å². The summed E-state index contributed by atoms with van der Waals surface area (Å²) >= 11 is 0. The molecule has 8 aromatic rings. The molecule has 50 heavy (non-hydrogen) atoms. The lowest BCUT2D eigenvalue weighted by Gasteiger charge is -2.40. The predicted octanol–water partition coefficient (Wildman–Crippen LogP) is 12.3. The number of para-hydroxylation sites is 1. The quantitative estimate of drug-likeness (QED) is 0.183. The average Bonchev–Trinajstić information content (AvgIpc) is 3.62. The zero-order valence-corrected chi connectivity index (χ0v) is 27.7. The maximum absolute atomic E-state index is 6.86. The van der Waals surface area contributed by atoms with Crippen molar-refractivity contribution in [3.63, 3.8) is 0 Å². The summed E-state index contributed by atoms with van der Waals surface area (Å²) in [5, 5.41) is 2.57. The molecule has 0 fully saturated rings. The van der Waals surface area contributed by atoms with Crippen LogP contribution in [0.4, 0.5) is 0 Å².